The molecule has 2 aromatic rings. The molecule has 5 N–H and O–H groups in total. The third kappa shape index (κ3) is 6.03. The number of pyridine rings is 1. The van der Waals surface area contributed by atoms with Gasteiger partial charge in [0.2, 0.25) is 0 Å². The monoisotopic (exact) mass is 509 g/mol. The first kappa shape index (κ1) is 25.2. The lowest BCUT2D eigenvalue weighted by atomic mass is 9.76. The van der Waals surface area contributed by atoms with E-state index >= 15 is 0 Å². The summed E-state index contributed by atoms with van der Waals surface area (Å²) in [6.45, 7) is 5.93. The maximum absolute atomic E-state index is 9.21. The quantitative estimate of drug-likeness (QED) is 0.292. The van der Waals surface area contributed by atoms with Crippen LogP contribution in [-0.2, 0) is 12.8 Å². The standard InChI is InChI=1S/C26H32ClN7S/c1-25(2,16-28)17-33-23-22(27)20(7-10-31-23)35-21(29)15-32-24(30)34-11-8-26(9-12-34)13-18-5-3-4-6-19(18)14-26/h3-7,10,15H,8-9,11-14,17,29H2,1-2H3,(H2,30,32)(H,31,33)/b21-15+. The van der Waals surface area contributed by atoms with Gasteiger partial charge in [-0.05, 0) is 62.1 Å². The molecule has 1 aromatic carbocycles. The van der Waals surface area contributed by atoms with Gasteiger partial charge < -0.3 is 21.7 Å². The molecule has 2 aliphatic rings. The van der Waals surface area contributed by atoms with E-state index in [1.54, 1.807) is 18.5 Å². The number of likely N-dealkylation sites (tertiary alicyclic amines) is 1. The zero-order chi connectivity index (χ0) is 25.1. The molecule has 0 radical (unpaired) electrons. The molecule has 0 unspecified atom stereocenters. The van der Waals surface area contributed by atoms with Crippen LogP contribution >= 0.6 is 23.4 Å². The number of rotatable bonds is 6. The van der Waals surface area contributed by atoms with Gasteiger partial charge in [-0.15, -0.1) is 0 Å². The third-order valence-corrected chi connectivity index (χ3v) is 8.20. The van der Waals surface area contributed by atoms with Gasteiger partial charge in [-0.3, -0.25) is 0 Å². The number of nitrogens with two attached hydrogens (primary N) is 2. The van der Waals surface area contributed by atoms with Crippen molar-refractivity contribution in [2.45, 2.75) is 44.4 Å². The molecule has 9 heteroatoms. The number of benzene rings is 1. The summed E-state index contributed by atoms with van der Waals surface area (Å²) in [6.07, 6.45) is 7.78. The molecule has 1 spiro atoms. The highest BCUT2D eigenvalue weighted by Crippen LogP contribution is 2.44. The van der Waals surface area contributed by atoms with Crippen molar-refractivity contribution in [3.05, 3.63) is 63.9 Å². The van der Waals surface area contributed by atoms with Gasteiger partial charge in [0.1, 0.15) is 5.82 Å². The number of nitriles is 1. The number of halogens is 1. The number of aliphatic imine (C=N–C) groups is 1. The number of hydrogen-bond donors (Lipinski definition) is 3. The number of aromatic nitrogens is 1. The van der Waals surface area contributed by atoms with Crippen molar-refractivity contribution in [2.75, 3.05) is 25.0 Å². The Balaban J connectivity index is 1.34. The molecule has 184 valence electrons. The number of nitrogens with one attached hydrogen (secondary N) is 1. The second-order valence-electron chi connectivity index (χ2n) is 10.1. The largest absolute Gasteiger partial charge is 0.392 e. The van der Waals surface area contributed by atoms with Crippen molar-refractivity contribution in [3.8, 4) is 6.07 Å². The van der Waals surface area contributed by atoms with Crippen molar-refractivity contribution in [1.82, 2.24) is 9.88 Å². The van der Waals surface area contributed by atoms with Crippen molar-refractivity contribution in [3.63, 3.8) is 0 Å². The van der Waals surface area contributed by atoms with Gasteiger partial charge >= 0.3 is 0 Å². The fourth-order valence-electron chi connectivity index (χ4n) is 4.67. The number of guanidine groups is 1. The molecule has 1 saturated heterocycles. The van der Waals surface area contributed by atoms with E-state index in [4.69, 9.17) is 23.1 Å². The Bertz CT molecular complexity index is 1150. The predicted molar refractivity (Wildman–Crippen MR) is 144 cm³/mol. The zero-order valence-corrected chi connectivity index (χ0v) is 21.8. The normalized spacial score (nSPS) is 17.8. The SMILES string of the molecule is CC(C)(C#N)CNc1nccc(S/C(N)=C/N=C(\N)N2CCC3(CC2)Cc2ccccc2C3)c1Cl. The van der Waals surface area contributed by atoms with Crippen LogP contribution in [0.2, 0.25) is 5.02 Å². The second-order valence-corrected chi connectivity index (χ2v) is 11.5. The molecule has 4 rings (SSSR count). The lowest BCUT2D eigenvalue weighted by Gasteiger charge is -2.39. The average molecular weight is 510 g/mol. The lowest BCUT2D eigenvalue weighted by molar-refractivity contribution is 0.157. The van der Waals surface area contributed by atoms with Gasteiger partial charge in [0, 0.05) is 30.7 Å². The van der Waals surface area contributed by atoms with E-state index < -0.39 is 5.41 Å². The number of hydrogen-bond acceptors (Lipinski definition) is 6. The summed E-state index contributed by atoms with van der Waals surface area (Å²) in [5.74, 6) is 1.01. The van der Waals surface area contributed by atoms with E-state index in [1.165, 1.54) is 22.9 Å². The highest BCUT2D eigenvalue weighted by atomic mass is 35.5. The smallest absolute Gasteiger partial charge is 0.195 e. The van der Waals surface area contributed by atoms with E-state index in [-0.39, 0.29) is 0 Å². The van der Waals surface area contributed by atoms with E-state index in [9.17, 15) is 5.26 Å². The first-order chi connectivity index (χ1) is 16.7. The van der Waals surface area contributed by atoms with E-state index in [0.29, 0.717) is 33.8 Å². The molecule has 0 saturated carbocycles. The Morgan fingerprint density at radius 2 is 1.91 bits per heavy atom. The maximum atomic E-state index is 9.21. The summed E-state index contributed by atoms with van der Waals surface area (Å²) in [5, 5.41) is 13.3. The first-order valence-electron chi connectivity index (χ1n) is 11.8. The van der Waals surface area contributed by atoms with Crippen LogP contribution in [0.5, 0.6) is 0 Å². The summed E-state index contributed by atoms with van der Waals surface area (Å²) in [5.41, 5.74) is 15.3. The topological polar surface area (TPSA) is 116 Å². The Morgan fingerprint density at radius 1 is 1.26 bits per heavy atom. The zero-order valence-electron chi connectivity index (χ0n) is 20.2. The van der Waals surface area contributed by atoms with Crippen molar-refractivity contribution >= 4 is 35.1 Å². The maximum Gasteiger partial charge on any atom is 0.195 e. The molecule has 1 aromatic heterocycles. The molecule has 0 atom stereocenters. The Morgan fingerprint density at radius 3 is 2.54 bits per heavy atom. The predicted octanol–water partition coefficient (Wildman–Crippen LogP) is 4.74. The summed E-state index contributed by atoms with van der Waals surface area (Å²) in [4.78, 5) is 11.6. The third-order valence-electron chi connectivity index (χ3n) is 6.80. The van der Waals surface area contributed by atoms with E-state index in [0.717, 1.165) is 43.7 Å². The van der Waals surface area contributed by atoms with Gasteiger partial charge in [-0.25, -0.2) is 9.98 Å². The number of piperidine rings is 1. The molecule has 0 amide bonds. The molecule has 1 fully saturated rings. The minimum absolute atomic E-state index is 0.359. The van der Waals surface area contributed by atoms with Crippen LogP contribution in [0, 0.1) is 22.2 Å². The molecule has 0 bridgehead atoms. The summed E-state index contributed by atoms with van der Waals surface area (Å²) in [6, 6.07) is 12.8. The highest BCUT2D eigenvalue weighted by Gasteiger charge is 2.39. The summed E-state index contributed by atoms with van der Waals surface area (Å²) < 4.78 is 0. The lowest BCUT2D eigenvalue weighted by Crippen LogP contribution is -2.46. The minimum Gasteiger partial charge on any atom is -0.392 e. The Hall–Kier alpha value is -2.89. The van der Waals surface area contributed by atoms with Gasteiger partial charge in [0.25, 0.3) is 0 Å². The van der Waals surface area contributed by atoms with Crippen LogP contribution < -0.4 is 16.8 Å². The van der Waals surface area contributed by atoms with Crippen LogP contribution in [0.3, 0.4) is 0 Å². The van der Waals surface area contributed by atoms with Gasteiger partial charge in [-0.2, -0.15) is 5.26 Å². The molecule has 1 aliphatic carbocycles. The van der Waals surface area contributed by atoms with Crippen LogP contribution in [0.15, 0.2) is 57.6 Å². The van der Waals surface area contributed by atoms with E-state index in [2.05, 4.69) is 50.5 Å². The first-order valence-corrected chi connectivity index (χ1v) is 13.0. The minimum atomic E-state index is -0.533. The van der Waals surface area contributed by atoms with E-state index in [1.807, 2.05) is 13.8 Å². The van der Waals surface area contributed by atoms with Crippen LogP contribution in [0.4, 0.5) is 5.82 Å². The fourth-order valence-corrected chi connectivity index (χ4v) is 5.64. The fraction of sp³-hybridized carbons (Fsp3) is 0.423. The van der Waals surface area contributed by atoms with Gasteiger partial charge in [0.15, 0.2) is 5.96 Å². The molecule has 2 heterocycles. The molecular formula is C26H32ClN7S. The molecule has 7 nitrogen and oxygen atoms in total. The molecular weight excluding hydrogens is 478 g/mol. The Kier molecular flexibility index (Phi) is 7.48. The number of nitrogens with zero attached hydrogens (tertiary/aromatic N) is 4. The van der Waals surface area contributed by atoms with Crippen LogP contribution in [-0.4, -0.2) is 35.5 Å². The molecule has 1 aliphatic heterocycles. The second kappa shape index (κ2) is 10.4. The van der Waals surface area contributed by atoms with Crippen molar-refractivity contribution in [1.29, 1.82) is 5.26 Å². The van der Waals surface area contributed by atoms with Gasteiger partial charge in [0.05, 0.1) is 27.7 Å². The summed E-state index contributed by atoms with van der Waals surface area (Å²) >= 11 is 7.82. The Labute approximate surface area is 216 Å². The highest BCUT2D eigenvalue weighted by molar-refractivity contribution is 8.03. The van der Waals surface area contributed by atoms with Crippen LogP contribution in [0.25, 0.3) is 0 Å². The number of fused-ring (bicyclic) bond motifs is 1. The average Bonchev–Trinajstić information content (AvgIpc) is 3.21. The van der Waals surface area contributed by atoms with Crippen molar-refractivity contribution < 1.29 is 0 Å². The van der Waals surface area contributed by atoms with Gasteiger partial charge in [-0.1, -0.05) is 47.6 Å². The number of anilines is 1. The summed E-state index contributed by atoms with van der Waals surface area (Å²) in [7, 11) is 0. The van der Waals surface area contributed by atoms with Crippen molar-refractivity contribution in [2.24, 2.45) is 27.3 Å². The molecule has 35 heavy (non-hydrogen) atoms. The van der Waals surface area contributed by atoms with Crippen LogP contribution in [0.1, 0.15) is 37.8 Å². The number of thioether (sulfide) groups is 1.